The van der Waals surface area contributed by atoms with Crippen LogP contribution in [-0.2, 0) is 17.1 Å². The Morgan fingerprint density at radius 2 is 0.788 bits per heavy atom. The van der Waals surface area contributed by atoms with Crippen LogP contribution < -0.4 is 0 Å². The molecule has 0 aliphatic heterocycles. The first-order valence-electron chi connectivity index (χ1n) is 9.73. The molecule has 0 aliphatic rings. The third-order valence-corrected chi connectivity index (χ3v) is 4.26. The van der Waals surface area contributed by atoms with Crippen molar-refractivity contribution in [1.29, 1.82) is 0 Å². The van der Waals surface area contributed by atoms with Crippen molar-refractivity contribution in [3.63, 3.8) is 0 Å². The van der Waals surface area contributed by atoms with Crippen molar-refractivity contribution in [1.82, 2.24) is 0 Å². The molecular weight excluding hydrogens is 468 g/mol. The van der Waals surface area contributed by atoms with E-state index in [4.69, 9.17) is 10.2 Å². The van der Waals surface area contributed by atoms with E-state index in [9.17, 15) is 10.2 Å². The second kappa shape index (κ2) is 12.7. The molecule has 0 saturated carbocycles. The third kappa shape index (κ3) is 8.18. The Morgan fingerprint density at radius 1 is 0.455 bits per heavy atom. The Balaban J connectivity index is 0.000000227. The molecule has 0 bridgehead atoms. The van der Waals surface area contributed by atoms with Gasteiger partial charge in [0.2, 0.25) is 0 Å². The summed E-state index contributed by atoms with van der Waals surface area (Å²) in [5, 5.41) is 37.2. The van der Waals surface area contributed by atoms with Gasteiger partial charge in [0, 0.05) is 29.5 Å². The van der Waals surface area contributed by atoms with Crippen molar-refractivity contribution in [3.8, 4) is 23.0 Å². The molecule has 0 saturated heterocycles. The van der Waals surface area contributed by atoms with Crippen molar-refractivity contribution < 1.29 is 37.5 Å². The summed E-state index contributed by atoms with van der Waals surface area (Å²) in [7, 11) is 0. The predicted molar refractivity (Wildman–Crippen MR) is 127 cm³/mol. The largest absolute Gasteiger partial charge is 0.508 e. The fourth-order valence-corrected chi connectivity index (χ4v) is 2.56. The van der Waals surface area contributed by atoms with Gasteiger partial charge in [0.05, 0.1) is 0 Å². The Hall–Kier alpha value is -4.06. The second-order valence-electron chi connectivity index (χ2n) is 6.68. The summed E-state index contributed by atoms with van der Waals surface area (Å²) in [5.41, 5.74) is 2.77. The Morgan fingerprint density at radius 3 is 1.12 bits per heavy atom. The molecule has 0 heterocycles. The van der Waals surface area contributed by atoms with E-state index < -0.39 is 0 Å². The number of hydrogen-bond donors (Lipinski definition) is 4. The summed E-state index contributed by atoms with van der Waals surface area (Å²) in [4.78, 5) is 8.30. The van der Waals surface area contributed by atoms with Gasteiger partial charge in [-0.25, -0.2) is 0 Å². The molecule has 0 aromatic heterocycles. The van der Waals surface area contributed by atoms with Crippen LogP contribution in [0, 0.1) is 0 Å². The van der Waals surface area contributed by atoms with Crippen LogP contribution in [0.4, 0.5) is 11.4 Å². The molecule has 1 radical (unpaired) electrons. The van der Waals surface area contributed by atoms with Gasteiger partial charge in [-0.3, -0.25) is 9.98 Å². The van der Waals surface area contributed by atoms with Gasteiger partial charge in [-0.05, 0) is 83.9 Å². The van der Waals surface area contributed by atoms with Crippen LogP contribution >= 0.6 is 0 Å². The number of hydrogen-bond acceptors (Lipinski definition) is 6. The van der Waals surface area contributed by atoms with Crippen molar-refractivity contribution in [3.05, 3.63) is 108 Å². The minimum atomic E-state index is 0. The molecule has 0 atom stereocenters. The maximum Gasteiger partial charge on any atom is 0.141 e. The summed E-state index contributed by atoms with van der Waals surface area (Å²) < 4.78 is 0. The molecule has 171 valence electrons. The summed E-state index contributed by atoms with van der Waals surface area (Å²) in [6.07, 6.45) is 3.27. The predicted octanol–water partition coefficient (Wildman–Crippen LogP) is 5.69. The molecule has 4 aromatic rings. The van der Waals surface area contributed by atoms with Crippen LogP contribution in [0.2, 0.25) is 0 Å². The van der Waals surface area contributed by atoms with Crippen molar-refractivity contribution in [2.45, 2.75) is 0 Å². The van der Waals surface area contributed by atoms with Crippen molar-refractivity contribution >= 4 is 23.8 Å². The monoisotopic (exact) mass is 489 g/mol. The van der Waals surface area contributed by atoms with E-state index in [1.165, 1.54) is 0 Å². The smallest absolute Gasteiger partial charge is 0.141 e. The van der Waals surface area contributed by atoms with Crippen LogP contribution in [0.5, 0.6) is 23.0 Å². The van der Waals surface area contributed by atoms with Gasteiger partial charge in [0.1, 0.15) is 34.4 Å². The number of nitrogens with zero attached hydrogens (tertiary/aromatic N) is 2. The number of phenolic OH excluding ortho intramolecular Hbond substituents is 4. The third-order valence-electron chi connectivity index (χ3n) is 4.26. The summed E-state index contributed by atoms with van der Waals surface area (Å²) >= 11 is 0. The first-order valence-corrected chi connectivity index (χ1v) is 9.73. The Kier molecular flexibility index (Phi) is 9.71. The maximum absolute atomic E-state index is 9.48. The Labute approximate surface area is 202 Å². The molecular formula is C26H22CuN2O4. The molecule has 0 amide bonds. The van der Waals surface area contributed by atoms with Gasteiger partial charge in [-0.15, -0.1) is 0 Å². The van der Waals surface area contributed by atoms with Crippen LogP contribution in [0.25, 0.3) is 0 Å². The van der Waals surface area contributed by atoms with E-state index >= 15 is 0 Å². The molecule has 0 unspecified atom stereocenters. The quantitative estimate of drug-likeness (QED) is 0.218. The first kappa shape index (κ1) is 25.2. The molecule has 4 aromatic carbocycles. The molecule has 0 fully saturated rings. The summed E-state index contributed by atoms with van der Waals surface area (Å²) in [6.45, 7) is 0. The maximum atomic E-state index is 9.48. The van der Waals surface area contributed by atoms with Gasteiger partial charge in [0.15, 0.2) is 0 Å². The standard InChI is InChI=1S/2C13H11NO2.Cu/c2*15-11-7-5-10(6-8-11)9-14-12-3-1-2-4-13(12)16;/h2*1-9,15-16H;. The van der Waals surface area contributed by atoms with Crippen LogP contribution in [-0.4, -0.2) is 32.9 Å². The van der Waals surface area contributed by atoms with E-state index in [1.807, 2.05) is 12.1 Å². The molecule has 0 spiro atoms. The number of rotatable bonds is 4. The minimum Gasteiger partial charge on any atom is -0.508 e. The van der Waals surface area contributed by atoms with E-state index in [-0.39, 0.29) is 40.1 Å². The van der Waals surface area contributed by atoms with E-state index in [0.29, 0.717) is 11.4 Å². The number of aliphatic imine (C=N–C) groups is 2. The average Bonchev–Trinajstić information content (AvgIpc) is 2.81. The molecule has 4 N–H and O–H groups in total. The van der Waals surface area contributed by atoms with Gasteiger partial charge in [-0.1, -0.05) is 24.3 Å². The zero-order valence-corrected chi connectivity index (χ0v) is 18.3. The van der Waals surface area contributed by atoms with Gasteiger partial charge in [0.25, 0.3) is 0 Å². The molecule has 6 nitrogen and oxygen atoms in total. The SMILES string of the molecule is Oc1ccc(C=Nc2ccccc2O)cc1.Oc1ccc(C=Nc2ccccc2O)cc1.[Cu]. The van der Waals surface area contributed by atoms with Gasteiger partial charge >= 0.3 is 0 Å². The van der Waals surface area contributed by atoms with E-state index in [0.717, 1.165) is 11.1 Å². The molecule has 4 rings (SSSR count). The molecule has 33 heavy (non-hydrogen) atoms. The van der Waals surface area contributed by atoms with E-state index in [2.05, 4.69) is 9.98 Å². The van der Waals surface area contributed by atoms with Crippen LogP contribution in [0.1, 0.15) is 11.1 Å². The van der Waals surface area contributed by atoms with Crippen LogP contribution in [0.15, 0.2) is 107 Å². The number of phenols is 4. The normalized spacial score (nSPS) is 10.4. The minimum absolute atomic E-state index is 0. The van der Waals surface area contributed by atoms with Crippen LogP contribution in [0.3, 0.4) is 0 Å². The number of aromatic hydroxyl groups is 4. The number of benzene rings is 4. The first-order chi connectivity index (χ1) is 15.5. The van der Waals surface area contributed by atoms with Gasteiger partial charge in [-0.2, -0.15) is 0 Å². The van der Waals surface area contributed by atoms with Crippen molar-refractivity contribution in [2.75, 3.05) is 0 Å². The zero-order valence-electron chi connectivity index (χ0n) is 17.4. The Bertz CT molecular complexity index is 1110. The summed E-state index contributed by atoms with van der Waals surface area (Å²) in [5.74, 6) is 0.745. The van der Waals surface area contributed by atoms with Crippen molar-refractivity contribution in [2.24, 2.45) is 9.98 Å². The topological polar surface area (TPSA) is 106 Å². The van der Waals surface area contributed by atoms with Gasteiger partial charge < -0.3 is 20.4 Å². The number of para-hydroxylation sites is 4. The fraction of sp³-hybridized carbons (Fsp3) is 0. The summed E-state index contributed by atoms with van der Waals surface area (Å²) in [6, 6.07) is 27.1. The van der Waals surface area contributed by atoms with E-state index in [1.54, 1.807) is 97.4 Å². The molecule has 7 heteroatoms. The average molecular weight is 490 g/mol. The zero-order chi connectivity index (χ0) is 22.8. The molecule has 0 aliphatic carbocycles. The second-order valence-corrected chi connectivity index (χ2v) is 6.68. The fourth-order valence-electron chi connectivity index (χ4n) is 2.56.